The Morgan fingerprint density at radius 2 is 1.79 bits per heavy atom. The second kappa shape index (κ2) is 5.64. The van der Waals surface area contributed by atoms with Gasteiger partial charge in [-0.1, -0.05) is 35.3 Å². The van der Waals surface area contributed by atoms with Crippen LogP contribution in [0.1, 0.15) is 15.9 Å². The lowest BCUT2D eigenvalue weighted by atomic mass is 9.98. The number of benzene rings is 2. The molecule has 0 amide bonds. The molecule has 0 unspecified atom stereocenters. The molecular formula is C15H12Cl2O2. The zero-order chi connectivity index (χ0) is 14.0. The summed E-state index contributed by atoms with van der Waals surface area (Å²) in [5.74, 6) is 0.527. The minimum absolute atomic E-state index is 0.484. The van der Waals surface area contributed by atoms with E-state index in [-0.39, 0.29) is 0 Å². The van der Waals surface area contributed by atoms with Crippen LogP contribution in [0.5, 0.6) is 5.75 Å². The molecule has 0 heterocycles. The number of ether oxygens (including phenoxy) is 1. The topological polar surface area (TPSA) is 26.3 Å². The summed E-state index contributed by atoms with van der Waals surface area (Å²) >= 11 is 12.4. The normalized spacial score (nSPS) is 10.3. The van der Waals surface area contributed by atoms with E-state index in [1.807, 2.05) is 13.0 Å². The van der Waals surface area contributed by atoms with Gasteiger partial charge < -0.3 is 4.74 Å². The summed E-state index contributed by atoms with van der Waals surface area (Å²) in [5.41, 5.74) is 3.30. The van der Waals surface area contributed by atoms with Gasteiger partial charge in [0.1, 0.15) is 12.0 Å². The third-order valence-electron chi connectivity index (χ3n) is 2.93. The van der Waals surface area contributed by atoms with Gasteiger partial charge in [0.15, 0.2) is 0 Å². The van der Waals surface area contributed by atoms with E-state index in [0.29, 0.717) is 21.4 Å². The molecule has 98 valence electrons. The molecule has 0 saturated heterocycles. The summed E-state index contributed by atoms with van der Waals surface area (Å²) in [5, 5.41) is 1.02. The molecule has 0 N–H and O–H groups in total. The fourth-order valence-corrected chi connectivity index (χ4v) is 2.39. The van der Waals surface area contributed by atoms with Gasteiger partial charge in [-0.2, -0.15) is 0 Å². The summed E-state index contributed by atoms with van der Waals surface area (Å²) in [6, 6.07) is 8.87. The summed E-state index contributed by atoms with van der Waals surface area (Å²) in [7, 11) is 1.54. The Morgan fingerprint density at radius 1 is 1.05 bits per heavy atom. The Balaban J connectivity index is 2.65. The monoisotopic (exact) mass is 294 g/mol. The minimum Gasteiger partial charge on any atom is -0.495 e. The summed E-state index contributed by atoms with van der Waals surface area (Å²) < 4.78 is 5.12. The van der Waals surface area contributed by atoms with Crippen molar-refractivity contribution in [3.63, 3.8) is 0 Å². The van der Waals surface area contributed by atoms with Gasteiger partial charge in [0.05, 0.1) is 17.2 Å². The smallest absolute Gasteiger partial charge is 0.150 e. The Bertz CT molecular complexity index is 636. The van der Waals surface area contributed by atoms with Crippen molar-refractivity contribution in [3.05, 3.63) is 51.5 Å². The SMILES string of the molecule is COc1cc(Cl)c(-c2cc(C=O)ccc2C)cc1Cl. The van der Waals surface area contributed by atoms with Gasteiger partial charge in [0, 0.05) is 17.2 Å². The molecule has 2 aromatic rings. The van der Waals surface area contributed by atoms with E-state index < -0.39 is 0 Å². The van der Waals surface area contributed by atoms with E-state index >= 15 is 0 Å². The van der Waals surface area contributed by atoms with Crippen molar-refractivity contribution in [2.24, 2.45) is 0 Å². The Hall–Kier alpha value is -1.51. The van der Waals surface area contributed by atoms with Crippen LogP contribution in [-0.2, 0) is 0 Å². The first kappa shape index (κ1) is 13.9. The van der Waals surface area contributed by atoms with Crippen molar-refractivity contribution in [1.82, 2.24) is 0 Å². The molecule has 2 aromatic carbocycles. The zero-order valence-electron chi connectivity index (χ0n) is 10.5. The van der Waals surface area contributed by atoms with Crippen LogP contribution in [0.2, 0.25) is 10.0 Å². The van der Waals surface area contributed by atoms with E-state index in [2.05, 4.69) is 0 Å². The van der Waals surface area contributed by atoms with Gasteiger partial charge in [-0.15, -0.1) is 0 Å². The standard InChI is InChI=1S/C15H12Cl2O2/c1-9-3-4-10(8-18)5-11(9)12-6-14(17)15(19-2)7-13(12)16/h3-8H,1-2H3. The number of aldehydes is 1. The number of hydrogen-bond acceptors (Lipinski definition) is 2. The highest BCUT2D eigenvalue weighted by molar-refractivity contribution is 6.36. The van der Waals surface area contributed by atoms with Crippen molar-refractivity contribution in [1.29, 1.82) is 0 Å². The zero-order valence-corrected chi connectivity index (χ0v) is 12.0. The average Bonchev–Trinajstić information content (AvgIpc) is 2.41. The molecule has 0 bridgehead atoms. The average molecular weight is 295 g/mol. The molecule has 4 heteroatoms. The number of carbonyl (C=O) groups is 1. The molecule has 2 nitrogen and oxygen atoms in total. The first-order valence-electron chi connectivity index (χ1n) is 5.66. The number of aryl methyl sites for hydroxylation is 1. The van der Waals surface area contributed by atoms with Crippen LogP contribution in [0.15, 0.2) is 30.3 Å². The van der Waals surface area contributed by atoms with Crippen molar-refractivity contribution < 1.29 is 9.53 Å². The summed E-state index contributed by atoms with van der Waals surface area (Å²) in [6.45, 7) is 1.96. The van der Waals surface area contributed by atoms with Crippen LogP contribution in [0.4, 0.5) is 0 Å². The van der Waals surface area contributed by atoms with Gasteiger partial charge in [-0.3, -0.25) is 4.79 Å². The van der Waals surface area contributed by atoms with Gasteiger partial charge >= 0.3 is 0 Å². The molecule has 0 atom stereocenters. The number of hydrogen-bond donors (Lipinski definition) is 0. The van der Waals surface area contributed by atoms with E-state index in [1.165, 1.54) is 7.11 Å². The molecule has 0 aromatic heterocycles. The number of rotatable bonds is 3. The maximum atomic E-state index is 10.9. The first-order chi connectivity index (χ1) is 9.06. The second-order valence-corrected chi connectivity index (χ2v) is 4.97. The number of halogens is 2. The van der Waals surface area contributed by atoms with Crippen LogP contribution >= 0.6 is 23.2 Å². The molecule has 0 spiro atoms. The maximum absolute atomic E-state index is 10.9. The van der Waals surface area contributed by atoms with Crippen LogP contribution in [0.25, 0.3) is 11.1 Å². The minimum atomic E-state index is 0.484. The van der Waals surface area contributed by atoms with Crippen molar-refractivity contribution in [3.8, 4) is 16.9 Å². The molecular weight excluding hydrogens is 283 g/mol. The molecule has 0 saturated carbocycles. The fourth-order valence-electron chi connectivity index (χ4n) is 1.89. The van der Waals surface area contributed by atoms with Crippen molar-refractivity contribution in [2.45, 2.75) is 6.92 Å². The Labute approximate surface area is 121 Å². The fraction of sp³-hybridized carbons (Fsp3) is 0.133. The Kier molecular flexibility index (Phi) is 4.13. The number of methoxy groups -OCH3 is 1. The van der Waals surface area contributed by atoms with E-state index in [9.17, 15) is 4.79 Å². The molecule has 19 heavy (non-hydrogen) atoms. The van der Waals surface area contributed by atoms with Crippen molar-refractivity contribution >= 4 is 29.5 Å². The molecule has 0 aliphatic heterocycles. The summed E-state index contributed by atoms with van der Waals surface area (Å²) in [6.07, 6.45) is 0.808. The lowest BCUT2D eigenvalue weighted by molar-refractivity contribution is 0.112. The highest BCUT2D eigenvalue weighted by Gasteiger charge is 2.12. The van der Waals surface area contributed by atoms with Gasteiger partial charge in [0.2, 0.25) is 0 Å². The molecule has 2 rings (SSSR count). The van der Waals surface area contributed by atoms with Crippen LogP contribution in [0, 0.1) is 6.92 Å². The van der Waals surface area contributed by atoms with Gasteiger partial charge in [-0.05, 0) is 30.2 Å². The largest absolute Gasteiger partial charge is 0.495 e. The predicted molar refractivity (Wildman–Crippen MR) is 78.6 cm³/mol. The van der Waals surface area contributed by atoms with Crippen molar-refractivity contribution in [2.75, 3.05) is 7.11 Å². The second-order valence-electron chi connectivity index (χ2n) is 4.16. The van der Waals surface area contributed by atoms with Gasteiger partial charge in [0.25, 0.3) is 0 Å². The van der Waals surface area contributed by atoms with E-state index in [4.69, 9.17) is 27.9 Å². The van der Waals surface area contributed by atoms with E-state index in [1.54, 1.807) is 24.3 Å². The first-order valence-corrected chi connectivity index (χ1v) is 6.41. The third kappa shape index (κ3) is 2.75. The lowest BCUT2D eigenvalue weighted by Gasteiger charge is -2.12. The van der Waals surface area contributed by atoms with E-state index in [0.717, 1.165) is 23.0 Å². The predicted octanol–water partition coefficient (Wildman–Crippen LogP) is 4.79. The molecule has 0 fully saturated rings. The molecule has 0 aliphatic rings. The highest BCUT2D eigenvalue weighted by Crippen LogP contribution is 2.38. The lowest BCUT2D eigenvalue weighted by Crippen LogP contribution is -1.90. The quantitative estimate of drug-likeness (QED) is 0.761. The maximum Gasteiger partial charge on any atom is 0.150 e. The highest BCUT2D eigenvalue weighted by atomic mass is 35.5. The van der Waals surface area contributed by atoms with Crippen LogP contribution in [-0.4, -0.2) is 13.4 Å². The third-order valence-corrected chi connectivity index (χ3v) is 3.54. The van der Waals surface area contributed by atoms with Gasteiger partial charge in [-0.25, -0.2) is 0 Å². The number of carbonyl (C=O) groups excluding carboxylic acids is 1. The Morgan fingerprint density at radius 3 is 2.42 bits per heavy atom. The van der Waals surface area contributed by atoms with Crippen LogP contribution in [0.3, 0.4) is 0 Å². The van der Waals surface area contributed by atoms with Crippen LogP contribution < -0.4 is 4.74 Å². The molecule has 0 aliphatic carbocycles. The molecule has 0 radical (unpaired) electrons. The summed E-state index contributed by atoms with van der Waals surface area (Å²) in [4.78, 5) is 10.9.